The molecule has 1 aromatic carbocycles. The summed E-state index contributed by atoms with van der Waals surface area (Å²) in [6.45, 7) is 0.363. The van der Waals surface area contributed by atoms with Crippen LogP contribution in [0.1, 0.15) is 29.6 Å². The number of hydrogen-bond donors (Lipinski definition) is 1. The third-order valence-corrected chi connectivity index (χ3v) is 3.91. The van der Waals surface area contributed by atoms with Crippen LogP contribution in [0, 0.1) is 5.82 Å². The minimum absolute atomic E-state index is 0.125. The van der Waals surface area contributed by atoms with Crippen LogP contribution in [-0.4, -0.2) is 49.2 Å². The number of nitrogens with zero attached hydrogens (tertiary/aromatic N) is 4. The number of rotatable bonds is 3. The van der Waals surface area contributed by atoms with Crippen molar-refractivity contribution < 1.29 is 19.1 Å². The van der Waals surface area contributed by atoms with E-state index in [4.69, 9.17) is 0 Å². The van der Waals surface area contributed by atoms with E-state index in [1.165, 1.54) is 34.4 Å². The van der Waals surface area contributed by atoms with Gasteiger partial charge < -0.3 is 10.0 Å². The van der Waals surface area contributed by atoms with Crippen molar-refractivity contribution in [2.24, 2.45) is 0 Å². The number of carboxylic acid groups (broad SMARTS) is 1. The number of aromatic nitrogens is 3. The zero-order chi connectivity index (χ0) is 16.4. The van der Waals surface area contributed by atoms with E-state index < -0.39 is 23.7 Å². The first-order valence-electron chi connectivity index (χ1n) is 7.26. The number of carbonyl (C=O) groups excluding carboxylic acids is 1. The minimum atomic E-state index is -1.03. The molecule has 2 aromatic rings. The number of aliphatic carboxylic acids is 1. The molecule has 1 aliphatic rings. The fourth-order valence-corrected chi connectivity index (χ4v) is 2.76. The smallest absolute Gasteiger partial charge is 0.326 e. The van der Waals surface area contributed by atoms with E-state index in [1.54, 1.807) is 0 Å². The van der Waals surface area contributed by atoms with Crippen LogP contribution < -0.4 is 0 Å². The number of likely N-dealkylation sites (tertiary alicyclic amines) is 1. The van der Waals surface area contributed by atoms with Crippen molar-refractivity contribution in [2.75, 3.05) is 6.54 Å². The quantitative estimate of drug-likeness (QED) is 0.926. The van der Waals surface area contributed by atoms with Crippen LogP contribution in [-0.2, 0) is 4.79 Å². The standard InChI is InChI=1S/C15H15FN4O3/c16-11-7-10(4-5-12(11)20-9-17-8-18-20)14(21)19-6-2-1-3-13(19)15(22)23/h4-5,7-9,13H,1-3,6H2,(H,22,23)/t13-/m1/s1. The monoisotopic (exact) mass is 318 g/mol. The molecule has 1 N–H and O–H groups in total. The molecule has 0 radical (unpaired) electrons. The minimum Gasteiger partial charge on any atom is -0.480 e. The number of amides is 1. The molecule has 1 atom stereocenters. The molecular formula is C15H15FN4O3. The number of carboxylic acids is 1. The van der Waals surface area contributed by atoms with E-state index in [0.29, 0.717) is 13.0 Å². The second-order valence-corrected chi connectivity index (χ2v) is 5.35. The topological polar surface area (TPSA) is 88.3 Å². The van der Waals surface area contributed by atoms with E-state index in [2.05, 4.69) is 10.1 Å². The maximum Gasteiger partial charge on any atom is 0.326 e. The Balaban J connectivity index is 1.87. The zero-order valence-electron chi connectivity index (χ0n) is 12.2. The highest BCUT2D eigenvalue weighted by atomic mass is 19.1. The van der Waals surface area contributed by atoms with Crippen LogP contribution >= 0.6 is 0 Å². The highest BCUT2D eigenvalue weighted by molar-refractivity contribution is 5.97. The molecule has 7 nitrogen and oxygen atoms in total. The number of hydrogen-bond acceptors (Lipinski definition) is 4. The molecule has 1 aliphatic heterocycles. The summed E-state index contributed by atoms with van der Waals surface area (Å²) in [7, 11) is 0. The Morgan fingerprint density at radius 3 is 2.78 bits per heavy atom. The van der Waals surface area contributed by atoms with Gasteiger partial charge in [0.2, 0.25) is 0 Å². The molecule has 0 saturated carbocycles. The summed E-state index contributed by atoms with van der Waals surface area (Å²) in [5.74, 6) is -2.12. The van der Waals surface area contributed by atoms with Crippen LogP contribution in [0.25, 0.3) is 5.69 Å². The summed E-state index contributed by atoms with van der Waals surface area (Å²) in [6.07, 6.45) is 4.56. The number of benzene rings is 1. The van der Waals surface area contributed by atoms with Gasteiger partial charge in [-0.3, -0.25) is 4.79 Å². The first-order chi connectivity index (χ1) is 11.1. The van der Waals surface area contributed by atoms with Crippen molar-refractivity contribution in [3.05, 3.63) is 42.2 Å². The molecule has 3 rings (SSSR count). The first kappa shape index (κ1) is 15.1. The molecule has 23 heavy (non-hydrogen) atoms. The summed E-state index contributed by atoms with van der Waals surface area (Å²) in [5.41, 5.74) is 0.298. The summed E-state index contributed by atoms with van der Waals surface area (Å²) >= 11 is 0. The van der Waals surface area contributed by atoms with Gasteiger partial charge in [0, 0.05) is 12.1 Å². The van der Waals surface area contributed by atoms with E-state index in [0.717, 1.165) is 18.9 Å². The Morgan fingerprint density at radius 2 is 2.13 bits per heavy atom. The fraction of sp³-hybridized carbons (Fsp3) is 0.333. The number of halogens is 1. The lowest BCUT2D eigenvalue weighted by atomic mass is 10.0. The first-order valence-corrected chi connectivity index (χ1v) is 7.26. The predicted molar refractivity (Wildman–Crippen MR) is 77.6 cm³/mol. The lowest BCUT2D eigenvalue weighted by Crippen LogP contribution is -2.48. The van der Waals surface area contributed by atoms with Gasteiger partial charge in [-0.1, -0.05) is 0 Å². The molecule has 2 heterocycles. The summed E-state index contributed by atoms with van der Waals surface area (Å²) in [4.78, 5) is 28.9. The van der Waals surface area contributed by atoms with E-state index in [1.807, 2.05) is 0 Å². The van der Waals surface area contributed by atoms with Crippen LogP contribution in [0.15, 0.2) is 30.9 Å². The molecule has 1 saturated heterocycles. The largest absolute Gasteiger partial charge is 0.480 e. The van der Waals surface area contributed by atoms with Gasteiger partial charge in [-0.05, 0) is 37.5 Å². The van der Waals surface area contributed by atoms with Gasteiger partial charge in [-0.25, -0.2) is 18.9 Å². The van der Waals surface area contributed by atoms with Crippen LogP contribution in [0.5, 0.6) is 0 Å². The van der Waals surface area contributed by atoms with Gasteiger partial charge in [0.15, 0.2) is 0 Å². The molecule has 8 heteroatoms. The Hall–Kier alpha value is -2.77. The average Bonchev–Trinajstić information content (AvgIpc) is 3.08. The van der Waals surface area contributed by atoms with Crippen molar-refractivity contribution in [2.45, 2.75) is 25.3 Å². The summed E-state index contributed by atoms with van der Waals surface area (Å²) < 4.78 is 15.5. The zero-order valence-corrected chi connectivity index (χ0v) is 12.2. The van der Waals surface area contributed by atoms with E-state index in [9.17, 15) is 19.1 Å². The number of carbonyl (C=O) groups is 2. The molecule has 0 bridgehead atoms. The molecule has 120 valence electrons. The maximum absolute atomic E-state index is 14.2. The fourth-order valence-electron chi connectivity index (χ4n) is 2.76. The van der Waals surface area contributed by atoms with E-state index in [-0.39, 0.29) is 11.3 Å². The lowest BCUT2D eigenvalue weighted by Gasteiger charge is -2.33. The maximum atomic E-state index is 14.2. The summed E-state index contributed by atoms with van der Waals surface area (Å²) in [6, 6.07) is 3.15. The lowest BCUT2D eigenvalue weighted by molar-refractivity contribution is -0.143. The normalized spacial score (nSPS) is 18.0. The Bertz CT molecular complexity index is 732. The van der Waals surface area contributed by atoms with Crippen LogP contribution in [0.3, 0.4) is 0 Å². The third kappa shape index (κ3) is 2.92. The van der Waals surface area contributed by atoms with E-state index >= 15 is 0 Å². The summed E-state index contributed by atoms with van der Waals surface area (Å²) in [5, 5.41) is 13.1. The van der Waals surface area contributed by atoms with Gasteiger partial charge in [0.1, 0.15) is 30.2 Å². The van der Waals surface area contributed by atoms with Crippen molar-refractivity contribution in [1.82, 2.24) is 19.7 Å². The molecule has 0 unspecified atom stereocenters. The molecule has 1 fully saturated rings. The third-order valence-electron chi connectivity index (χ3n) is 3.91. The highest BCUT2D eigenvalue weighted by Gasteiger charge is 2.32. The second kappa shape index (κ2) is 6.15. The Labute approximate surface area is 131 Å². The highest BCUT2D eigenvalue weighted by Crippen LogP contribution is 2.21. The second-order valence-electron chi connectivity index (χ2n) is 5.35. The van der Waals surface area contributed by atoms with Crippen molar-refractivity contribution >= 4 is 11.9 Å². The molecule has 0 aliphatic carbocycles. The van der Waals surface area contributed by atoms with Crippen molar-refractivity contribution in [1.29, 1.82) is 0 Å². The van der Waals surface area contributed by atoms with Gasteiger partial charge in [0.05, 0.1) is 0 Å². The van der Waals surface area contributed by atoms with Gasteiger partial charge in [0.25, 0.3) is 5.91 Å². The Kier molecular flexibility index (Phi) is 4.05. The molecule has 1 aromatic heterocycles. The van der Waals surface area contributed by atoms with Crippen molar-refractivity contribution in [3.63, 3.8) is 0 Å². The van der Waals surface area contributed by atoms with Gasteiger partial charge >= 0.3 is 5.97 Å². The average molecular weight is 318 g/mol. The van der Waals surface area contributed by atoms with Crippen LogP contribution in [0.2, 0.25) is 0 Å². The molecule has 1 amide bonds. The van der Waals surface area contributed by atoms with Gasteiger partial charge in [-0.2, -0.15) is 5.10 Å². The van der Waals surface area contributed by atoms with Gasteiger partial charge in [-0.15, -0.1) is 0 Å². The van der Waals surface area contributed by atoms with Crippen LogP contribution in [0.4, 0.5) is 4.39 Å². The van der Waals surface area contributed by atoms with Crippen molar-refractivity contribution in [3.8, 4) is 5.69 Å². The molecule has 0 spiro atoms. The number of piperidine rings is 1. The Morgan fingerprint density at radius 1 is 1.30 bits per heavy atom. The molecular weight excluding hydrogens is 303 g/mol. The SMILES string of the molecule is O=C(O)[C@H]1CCCCN1C(=O)c1ccc(-n2cncn2)c(F)c1. The predicted octanol–water partition coefficient (Wildman–Crippen LogP) is 1.49.